The minimum absolute atomic E-state index is 0.0195. The molecule has 0 unspecified atom stereocenters. The molecule has 0 spiro atoms. The Morgan fingerprint density at radius 1 is 1.10 bits per heavy atom. The van der Waals surface area contributed by atoms with Crippen LogP contribution in [0.3, 0.4) is 0 Å². The van der Waals surface area contributed by atoms with E-state index in [-0.39, 0.29) is 11.3 Å². The first kappa shape index (κ1) is 19.5. The van der Waals surface area contributed by atoms with Gasteiger partial charge in [0.05, 0.1) is 5.52 Å². The molecule has 152 valence electrons. The Kier molecular flexibility index (Phi) is 5.58. The fourth-order valence-corrected chi connectivity index (χ4v) is 4.45. The maximum atomic E-state index is 11.5. The molecule has 29 heavy (non-hydrogen) atoms. The normalized spacial score (nSPS) is 14.2. The van der Waals surface area contributed by atoms with E-state index < -0.39 is 5.97 Å². The smallest absolute Gasteiger partial charge is 0.339 e. The molecule has 1 aliphatic heterocycles. The van der Waals surface area contributed by atoms with E-state index in [1.54, 1.807) is 0 Å². The number of hydrogen-bond donors (Lipinski definition) is 2. The highest BCUT2D eigenvalue weighted by Crippen LogP contribution is 2.38. The zero-order chi connectivity index (χ0) is 20.4. The average Bonchev–Trinajstić information content (AvgIpc) is 3.05. The third kappa shape index (κ3) is 3.75. The van der Waals surface area contributed by atoms with Gasteiger partial charge in [0.2, 0.25) is 0 Å². The van der Waals surface area contributed by atoms with Crippen molar-refractivity contribution in [1.29, 1.82) is 0 Å². The number of nitrogens with zero attached hydrogens (tertiary/aromatic N) is 2. The molecule has 0 bridgehead atoms. The molecular formula is C24H28N2O3. The van der Waals surface area contributed by atoms with Crippen molar-refractivity contribution in [3.8, 4) is 5.75 Å². The number of aromatic hydroxyl groups is 1. The molecule has 0 saturated heterocycles. The summed E-state index contributed by atoms with van der Waals surface area (Å²) in [6, 6.07) is 13.8. The average molecular weight is 392 g/mol. The SMILES string of the molecule is CCCCN1CCc2c(n(CCc3ccccc3)c3ccc(C(=O)O)c(O)c23)C1. The third-order valence-electron chi connectivity index (χ3n) is 6.00. The molecule has 0 amide bonds. The van der Waals surface area contributed by atoms with Gasteiger partial charge in [0.1, 0.15) is 11.3 Å². The maximum Gasteiger partial charge on any atom is 0.339 e. The van der Waals surface area contributed by atoms with Crippen LogP contribution in [0.4, 0.5) is 0 Å². The van der Waals surface area contributed by atoms with Crippen LogP contribution in [0.25, 0.3) is 10.9 Å². The number of aromatic nitrogens is 1. The molecule has 2 N–H and O–H groups in total. The van der Waals surface area contributed by atoms with Crippen molar-refractivity contribution in [2.75, 3.05) is 13.1 Å². The number of fused-ring (bicyclic) bond motifs is 3. The summed E-state index contributed by atoms with van der Waals surface area (Å²) < 4.78 is 2.29. The number of hydrogen-bond acceptors (Lipinski definition) is 3. The molecule has 5 heteroatoms. The molecule has 0 aliphatic carbocycles. The zero-order valence-corrected chi connectivity index (χ0v) is 16.9. The molecule has 3 aromatic rings. The number of unbranched alkanes of at least 4 members (excludes halogenated alkanes) is 1. The number of carboxylic acid groups (broad SMARTS) is 1. The molecule has 2 aromatic carbocycles. The summed E-state index contributed by atoms with van der Waals surface area (Å²) in [6.07, 6.45) is 4.08. The monoisotopic (exact) mass is 392 g/mol. The quantitative estimate of drug-likeness (QED) is 0.624. The number of carbonyl (C=O) groups is 1. The molecule has 4 rings (SSSR count). The lowest BCUT2D eigenvalue weighted by atomic mass is 10.0. The number of phenols is 1. The molecular weight excluding hydrogens is 364 g/mol. The summed E-state index contributed by atoms with van der Waals surface area (Å²) >= 11 is 0. The van der Waals surface area contributed by atoms with Crippen molar-refractivity contribution < 1.29 is 15.0 Å². The van der Waals surface area contributed by atoms with Crippen LogP contribution < -0.4 is 0 Å². The van der Waals surface area contributed by atoms with Crippen LogP contribution in [0.2, 0.25) is 0 Å². The largest absolute Gasteiger partial charge is 0.506 e. The maximum absolute atomic E-state index is 11.5. The van der Waals surface area contributed by atoms with Gasteiger partial charge < -0.3 is 14.8 Å². The van der Waals surface area contributed by atoms with E-state index in [2.05, 4.69) is 40.7 Å². The summed E-state index contributed by atoms with van der Waals surface area (Å²) in [5.41, 5.74) is 4.52. The van der Waals surface area contributed by atoms with Gasteiger partial charge in [0.25, 0.3) is 0 Å². The Labute approximate surface area is 171 Å². The van der Waals surface area contributed by atoms with Gasteiger partial charge in [0, 0.05) is 30.7 Å². The minimum Gasteiger partial charge on any atom is -0.506 e. The van der Waals surface area contributed by atoms with Crippen LogP contribution in [0.15, 0.2) is 42.5 Å². The second-order valence-corrected chi connectivity index (χ2v) is 7.85. The van der Waals surface area contributed by atoms with Gasteiger partial charge in [-0.15, -0.1) is 0 Å². The van der Waals surface area contributed by atoms with Crippen molar-refractivity contribution >= 4 is 16.9 Å². The standard InChI is InChI=1S/C24H28N2O3/c1-2-3-13-25-14-12-18-21(16-25)26(15-11-17-7-5-4-6-8-17)20-10-9-19(24(28)29)23(27)22(18)20/h4-10,27H,2-3,11-16H2,1H3,(H,28,29). The van der Waals surface area contributed by atoms with Crippen LogP contribution in [0, 0.1) is 0 Å². The second kappa shape index (κ2) is 8.29. The Bertz CT molecular complexity index is 1020. The van der Waals surface area contributed by atoms with Crippen molar-refractivity contribution in [2.45, 2.75) is 45.7 Å². The van der Waals surface area contributed by atoms with Gasteiger partial charge in [-0.3, -0.25) is 4.90 Å². The van der Waals surface area contributed by atoms with Gasteiger partial charge in [-0.1, -0.05) is 43.7 Å². The zero-order valence-electron chi connectivity index (χ0n) is 16.9. The number of carboxylic acids is 1. The summed E-state index contributed by atoms with van der Waals surface area (Å²) in [4.78, 5) is 14.0. The lowest BCUT2D eigenvalue weighted by Gasteiger charge is -2.28. The van der Waals surface area contributed by atoms with Crippen molar-refractivity contribution in [3.05, 3.63) is 64.8 Å². The Morgan fingerprint density at radius 2 is 1.90 bits per heavy atom. The van der Waals surface area contributed by atoms with Crippen LogP contribution in [0.1, 0.15) is 46.9 Å². The van der Waals surface area contributed by atoms with Gasteiger partial charge in [-0.25, -0.2) is 4.79 Å². The number of benzene rings is 2. The van der Waals surface area contributed by atoms with Gasteiger partial charge in [-0.2, -0.15) is 0 Å². The van der Waals surface area contributed by atoms with Crippen LogP contribution >= 0.6 is 0 Å². The first-order valence-corrected chi connectivity index (χ1v) is 10.5. The highest BCUT2D eigenvalue weighted by Gasteiger charge is 2.27. The lowest BCUT2D eigenvalue weighted by Crippen LogP contribution is -2.32. The predicted octanol–water partition coefficient (Wildman–Crippen LogP) is 4.45. The van der Waals surface area contributed by atoms with E-state index in [0.29, 0.717) is 0 Å². The second-order valence-electron chi connectivity index (χ2n) is 7.85. The van der Waals surface area contributed by atoms with Crippen LogP contribution in [-0.2, 0) is 25.9 Å². The molecule has 0 atom stereocenters. The molecule has 1 aliphatic rings. The molecule has 2 heterocycles. The molecule has 0 saturated carbocycles. The lowest BCUT2D eigenvalue weighted by molar-refractivity contribution is 0.0694. The van der Waals surface area contributed by atoms with E-state index in [9.17, 15) is 15.0 Å². The Morgan fingerprint density at radius 3 is 2.62 bits per heavy atom. The summed E-state index contributed by atoms with van der Waals surface area (Å²) in [5, 5.41) is 21.0. The van der Waals surface area contributed by atoms with Crippen molar-refractivity contribution in [1.82, 2.24) is 9.47 Å². The highest BCUT2D eigenvalue weighted by atomic mass is 16.4. The first-order chi connectivity index (χ1) is 14.1. The Balaban J connectivity index is 1.77. The number of aromatic carboxylic acids is 1. The highest BCUT2D eigenvalue weighted by molar-refractivity contribution is 6.01. The minimum atomic E-state index is -1.09. The van der Waals surface area contributed by atoms with Gasteiger partial charge in [0.15, 0.2) is 0 Å². The summed E-state index contributed by atoms with van der Waals surface area (Å²) in [5.74, 6) is -1.18. The molecule has 0 radical (unpaired) electrons. The van der Waals surface area contributed by atoms with E-state index in [1.165, 1.54) is 30.2 Å². The summed E-state index contributed by atoms with van der Waals surface area (Å²) in [7, 11) is 0. The van der Waals surface area contributed by atoms with Gasteiger partial charge in [-0.05, 0) is 49.1 Å². The fourth-order valence-electron chi connectivity index (χ4n) is 4.45. The van der Waals surface area contributed by atoms with Crippen LogP contribution in [-0.4, -0.2) is 38.7 Å². The summed E-state index contributed by atoms with van der Waals surface area (Å²) in [6.45, 7) is 5.88. The molecule has 5 nitrogen and oxygen atoms in total. The van der Waals surface area contributed by atoms with E-state index in [1.807, 2.05) is 12.1 Å². The number of aryl methyl sites for hydroxylation is 2. The van der Waals surface area contributed by atoms with Crippen molar-refractivity contribution in [2.24, 2.45) is 0 Å². The topological polar surface area (TPSA) is 65.7 Å². The third-order valence-corrected chi connectivity index (χ3v) is 6.00. The fraction of sp³-hybridized carbons (Fsp3) is 0.375. The van der Waals surface area contributed by atoms with Crippen LogP contribution in [0.5, 0.6) is 5.75 Å². The van der Waals surface area contributed by atoms with Crippen molar-refractivity contribution in [3.63, 3.8) is 0 Å². The molecule has 0 fully saturated rings. The van der Waals surface area contributed by atoms with E-state index in [0.717, 1.165) is 55.5 Å². The van der Waals surface area contributed by atoms with Gasteiger partial charge >= 0.3 is 5.97 Å². The first-order valence-electron chi connectivity index (χ1n) is 10.5. The van der Waals surface area contributed by atoms with E-state index >= 15 is 0 Å². The number of rotatable bonds is 7. The predicted molar refractivity (Wildman–Crippen MR) is 115 cm³/mol. The molecule has 1 aromatic heterocycles. The Hall–Kier alpha value is -2.79. The van der Waals surface area contributed by atoms with E-state index in [4.69, 9.17) is 0 Å².